The highest BCUT2D eigenvalue weighted by molar-refractivity contribution is 6.02. The first-order valence-corrected chi connectivity index (χ1v) is 8.16. The molecule has 0 spiro atoms. The number of aliphatic hydroxyl groups excluding tert-OH is 1. The highest BCUT2D eigenvalue weighted by Gasteiger charge is 2.04. The highest BCUT2D eigenvalue weighted by Crippen LogP contribution is 2.28. The number of methoxy groups -OCH3 is 2. The highest BCUT2D eigenvalue weighted by atomic mass is 16.5. The topological polar surface area (TPSA) is 105 Å². The van der Waals surface area contributed by atoms with Gasteiger partial charge in [0, 0.05) is 6.08 Å². The van der Waals surface area contributed by atoms with Gasteiger partial charge in [0.05, 0.1) is 14.2 Å². The lowest BCUT2D eigenvalue weighted by Gasteiger charge is -2.03. The van der Waals surface area contributed by atoms with Gasteiger partial charge >= 0.3 is 0 Å². The molecule has 0 fully saturated rings. The van der Waals surface area contributed by atoms with E-state index in [0.717, 1.165) is 6.08 Å². The molecule has 7 heteroatoms. The zero-order valence-corrected chi connectivity index (χ0v) is 15.3. The van der Waals surface area contributed by atoms with Gasteiger partial charge in [-0.1, -0.05) is 24.3 Å². The molecule has 0 amide bonds. The Labute approximate surface area is 161 Å². The van der Waals surface area contributed by atoms with Crippen LogP contribution in [-0.2, 0) is 4.79 Å². The molecule has 2 aromatic carbocycles. The number of ketones is 1. The second-order valence-electron chi connectivity index (χ2n) is 5.59. The molecule has 0 saturated carbocycles. The van der Waals surface area contributed by atoms with E-state index in [0.29, 0.717) is 22.6 Å². The number of phenolic OH excluding ortho intramolecular Hbond substituents is 1. The van der Waals surface area contributed by atoms with E-state index >= 15 is 0 Å². The van der Waals surface area contributed by atoms with Gasteiger partial charge in [-0.05, 0) is 52.7 Å². The van der Waals surface area contributed by atoms with Crippen LogP contribution in [0.3, 0.4) is 0 Å². The van der Waals surface area contributed by atoms with Crippen LogP contribution in [0, 0.1) is 4.91 Å². The lowest BCUT2D eigenvalue weighted by Crippen LogP contribution is -1.89. The van der Waals surface area contributed by atoms with Crippen molar-refractivity contribution >= 4 is 23.6 Å². The summed E-state index contributed by atoms with van der Waals surface area (Å²) in [5.74, 6) is -0.0545. The lowest BCUT2D eigenvalue weighted by atomic mass is 10.1. The van der Waals surface area contributed by atoms with Crippen LogP contribution in [0.2, 0.25) is 0 Å². The van der Waals surface area contributed by atoms with Crippen molar-refractivity contribution in [1.82, 2.24) is 0 Å². The molecule has 0 aromatic heterocycles. The van der Waals surface area contributed by atoms with Crippen molar-refractivity contribution in [2.75, 3.05) is 14.2 Å². The number of hydrogen-bond donors (Lipinski definition) is 2. The van der Waals surface area contributed by atoms with Crippen LogP contribution in [0.5, 0.6) is 17.2 Å². The number of hydrogen-bond acceptors (Lipinski definition) is 7. The molecule has 7 nitrogen and oxygen atoms in total. The third-order valence-corrected chi connectivity index (χ3v) is 3.68. The summed E-state index contributed by atoms with van der Waals surface area (Å²) in [5, 5.41) is 22.3. The molecule has 0 bridgehead atoms. The Morgan fingerprint density at radius 1 is 0.964 bits per heavy atom. The summed E-state index contributed by atoms with van der Waals surface area (Å²) < 4.78 is 10.1. The molecule has 0 aliphatic carbocycles. The predicted molar refractivity (Wildman–Crippen MR) is 107 cm³/mol. The normalized spacial score (nSPS) is 11.7. The largest absolute Gasteiger partial charge is 0.508 e. The Hall–Kier alpha value is -3.87. The number of carbonyl (C=O) groups excluding carboxylic acids is 1. The molecular weight excluding hydrogens is 362 g/mol. The fourth-order valence-corrected chi connectivity index (χ4v) is 2.27. The van der Waals surface area contributed by atoms with Crippen molar-refractivity contribution in [2.45, 2.75) is 0 Å². The van der Waals surface area contributed by atoms with E-state index in [1.54, 1.807) is 30.3 Å². The van der Waals surface area contributed by atoms with Crippen LogP contribution in [0.25, 0.3) is 12.2 Å². The molecule has 0 heterocycles. The van der Waals surface area contributed by atoms with Gasteiger partial charge in [0.2, 0.25) is 0 Å². The summed E-state index contributed by atoms with van der Waals surface area (Å²) in [7, 11) is 2.85. The van der Waals surface area contributed by atoms with Crippen LogP contribution in [-0.4, -0.2) is 30.2 Å². The maximum atomic E-state index is 12.0. The molecule has 0 unspecified atom stereocenters. The summed E-state index contributed by atoms with van der Waals surface area (Å²) in [6, 6.07) is 9.36. The van der Waals surface area contributed by atoms with Crippen molar-refractivity contribution in [3.05, 3.63) is 76.4 Å². The minimum Gasteiger partial charge on any atom is -0.508 e. The smallest absolute Gasteiger partial charge is 0.182 e. The second kappa shape index (κ2) is 9.72. The number of allylic oxidation sites excluding steroid dienone is 3. The van der Waals surface area contributed by atoms with Crippen LogP contribution in [0.1, 0.15) is 11.1 Å². The third kappa shape index (κ3) is 5.57. The first-order chi connectivity index (χ1) is 13.5. The van der Waals surface area contributed by atoms with Crippen LogP contribution in [0.15, 0.2) is 65.6 Å². The van der Waals surface area contributed by atoms with Crippen LogP contribution in [0.4, 0.5) is 5.69 Å². The number of nitrogens with zero attached hydrogens (tertiary/aromatic N) is 1. The van der Waals surface area contributed by atoms with Gasteiger partial charge in [0.15, 0.2) is 17.3 Å². The number of aromatic hydroxyl groups is 1. The molecule has 0 radical (unpaired) electrons. The zero-order chi connectivity index (χ0) is 20.5. The van der Waals surface area contributed by atoms with Crippen molar-refractivity contribution in [1.29, 1.82) is 0 Å². The van der Waals surface area contributed by atoms with E-state index in [2.05, 4.69) is 5.18 Å². The molecule has 2 rings (SSSR count). The molecule has 2 N–H and O–H groups in total. The Balaban J connectivity index is 2.07. The molecular formula is C21H19NO6. The number of rotatable bonds is 8. The van der Waals surface area contributed by atoms with E-state index in [1.807, 2.05) is 0 Å². The molecule has 0 atom stereocenters. The van der Waals surface area contributed by atoms with Gasteiger partial charge in [0.25, 0.3) is 0 Å². The van der Waals surface area contributed by atoms with E-state index in [9.17, 15) is 19.9 Å². The number of nitroso groups, excluding NO2 is 1. The minimum absolute atomic E-state index is 0.00770. The standard InChI is InChI=1S/C21H19NO6/c1-27-20-11-14(5-9-18(20)22-26)3-7-16(23)13-17(24)8-4-15-6-10-19(25)21(12-15)28-2/h3-13,24-25H,1-2H3/b7-3+,8-4+,17-13?. The fourth-order valence-electron chi connectivity index (χ4n) is 2.27. The maximum Gasteiger partial charge on any atom is 0.182 e. The quantitative estimate of drug-likeness (QED) is 0.301. The first-order valence-electron chi connectivity index (χ1n) is 8.16. The van der Waals surface area contributed by atoms with Gasteiger partial charge in [-0.15, -0.1) is 4.91 Å². The SMILES string of the molecule is COc1cc(/C=C/C(O)=CC(=O)/C=C/c2ccc(N=O)c(OC)c2)ccc1O. The van der Waals surface area contributed by atoms with Gasteiger partial charge in [-0.25, -0.2) is 0 Å². The molecule has 28 heavy (non-hydrogen) atoms. The Morgan fingerprint density at radius 2 is 1.57 bits per heavy atom. The lowest BCUT2D eigenvalue weighted by molar-refractivity contribution is -0.110. The average molecular weight is 381 g/mol. The maximum absolute atomic E-state index is 12.0. The molecule has 0 saturated heterocycles. The number of carbonyl (C=O) groups is 1. The molecule has 0 aliphatic rings. The predicted octanol–water partition coefficient (Wildman–Crippen LogP) is 4.54. The van der Waals surface area contributed by atoms with Crippen molar-refractivity contribution in [2.24, 2.45) is 5.18 Å². The first kappa shape index (κ1) is 20.4. The van der Waals surface area contributed by atoms with Crippen molar-refractivity contribution in [3.63, 3.8) is 0 Å². The second-order valence-corrected chi connectivity index (χ2v) is 5.59. The average Bonchev–Trinajstić information content (AvgIpc) is 2.71. The number of aliphatic hydroxyl groups is 1. The van der Waals surface area contributed by atoms with Gasteiger partial charge in [-0.3, -0.25) is 4.79 Å². The van der Waals surface area contributed by atoms with Crippen molar-refractivity contribution < 1.29 is 24.5 Å². The van der Waals surface area contributed by atoms with Gasteiger partial charge < -0.3 is 19.7 Å². The number of ether oxygens (including phenoxy) is 2. The van der Waals surface area contributed by atoms with Gasteiger partial charge in [0.1, 0.15) is 17.2 Å². The Morgan fingerprint density at radius 3 is 2.21 bits per heavy atom. The third-order valence-electron chi connectivity index (χ3n) is 3.68. The summed E-state index contributed by atoms with van der Waals surface area (Å²) in [5.41, 5.74) is 1.48. The zero-order valence-electron chi connectivity index (χ0n) is 15.3. The monoisotopic (exact) mass is 381 g/mol. The fraction of sp³-hybridized carbons (Fsp3) is 0.0952. The van der Waals surface area contributed by atoms with E-state index in [-0.39, 0.29) is 17.2 Å². The minimum atomic E-state index is -0.429. The van der Waals surface area contributed by atoms with Crippen LogP contribution >= 0.6 is 0 Å². The Kier molecular flexibility index (Phi) is 7.10. The van der Waals surface area contributed by atoms with Gasteiger partial charge in [-0.2, -0.15) is 0 Å². The number of phenols is 1. The summed E-state index contributed by atoms with van der Waals surface area (Å²) >= 11 is 0. The van der Waals surface area contributed by atoms with Crippen molar-refractivity contribution in [3.8, 4) is 17.2 Å². The number of benzene rings is 2. The van der Waals surface area contributed by atoms with E-state index < -0.39 is 5.78 Å². The Bertz CT molecular complexity index is 959. The molecule has 144 valence electrons. The summed E-state index contributed by atoms with van der Waals surface area (Å²) in [6.07, 6.45) is 6.78. The summed E-state index contributed by atoms with van der Waals surface area (Å²) in [4.78, 5) is 22.6. The molecule has 0 aliphatic heterocycles. The van der Waals surface area contributed by atoms with E-state index in [4.69, 9.17) is 9.47 Å². The molecule has 2 aromatic rings. The van der Waals surface area contributed by atoms with Crippen LogP contribution < -0.4 is 9.47 Å². The van der Waals surface area contributed by atoms with E-state index in [1.165, 1.54) is 44.6 Å². The summed E-state index contributed by atoms with van der Waals surface area (Å²) in [6.45, 7) is 0.